The molecule has 0 bridgehead atoms. The summed E-state index contributed by atoms with van der Waals surface area (Å²) >= 11 is 0. The van der Waals surface area contributed by atoms with E-state index < -0.39 is 0 Å². The lowest BCUT2D eigenvalue weighted by Gasteiger charge is -2.33. The molecule has 0 radical (unpaired) electrons. The second-order valence-electron chi connectivity index (χ2n) is 7.02. The fraction of sp³-hybridized carbons (Fsp3) is 0.647. The summed E-state index contributed by atoms with van der Waals surface area (Å²) in [4.78, 5) is 0. The third kappa shape index (κ3) is 5.32. The number of benzene rings is 1. The number of hydrogen-bond acceptors (Lipinski definition) is 1. The summed E-state index contributed by atoms with van der Waals surface area (Å²) in [6.07, 6.45) is 2.09. The van der Waals surface area contributed by atoms with Gasteiger partial charge >= 0.3 is 0 Å². The molecule has 1 nitrogen and oxygen atoms in total. The van der Waals surface area contributed by atoms with E-state index in [1.54, 1.807) is 12.1 Å². The van der Waals surface area contributed by atoms with Crippen molar-refractivity contribution in [3.8, 4) is 0 Å². The number of hydrogen-bond donors (Lipinski definition) is 1. The van der Waals surface area contributed by atoms with Crippen molar-refractivity contribution >= 4 is 0 Å². The van der Waals surface area contributed by atoms with E-state index in [4.69, 9.17) is 0 Å². The van der Waals surface area contributed by atoms with E-state index in [0.717, 1.165) is 24.9 Å². The van der Waals surface area contributed by atoms with Crippen LogP contribution in [-0.4, -0.2) is 12.1 Å². The molecule has 1 aromatic rings. The van der Waals surface area contributed by atoms with Gasteiger partial charge in [-0.05, 0) is 69.2 Å². The maximum atomic E-state index is 13.2. The molecule has 1 aromatic carbocycles. The number of nitrogens with one attached hydrogen (secondary N) is 1. The van der Waals surface area contributed by atoms with Crippen molar-refractivity contribution < 1.29 is 4.39 Å². The molecule has 1 N–H and O–H groups in total. The van der Waals surface area contributed by atoms with Crippen LogP contribution in [0.15, 0.2) is 18.2 Å². The highest BCUT2D eigenvalue weighted by molar-refractivity contribution is 5.27. The molecule has 0 aliphatic carbocycles. The van der Waals surface area contributed by atoms with Gasteiger partial charge < -0.3 is 5.32 Å². The molecule has 0 aromatic heterocycles. The number of halogens is 1. The minimum atomic E-state index is -0.146. The van der Waals surface area contributed by atoms with Gasteiger partial charge in [0.25, 0.3) is 0 Å². The van der Waals surface area contributed by atoms with Crippen molar-refractivity contribution in [3.05, 3.63) is 35.1 Å². The summed E-state index contributed by atoms with van der Waals surface area (Å²) < 4.78 is 13.2. The highest BCUT2D eigenvalue weighted by Gasteiger charge is 2.25. The topological polar surface area (TPSA) is 12.0 Å². The Labute approximate surface area is 117 Å². The van der Waals surface area contributed by atoms with Crippen LogP contribution in [0.5, 0.6) is 0 Å². The van der Waals surface area contributed by atoms with Crippen LogP contribution >= 0.6 is 0 Å². The quantitative estimate of drug-likeness (QED) is 0.827. The summed E-state index contributed by atoms with van der Waals surface area (Å²) in [7, 11) is 0. The van der Waals surface area contributed by atoms with Crippen LogP contribution in [0.3, 0.4) is 0 Å². The lowest BCUT2D eigenvalue weighted by molar-refractivity contribution is 0.254. The lowest BCUT2D eigenvalue weighted by atomic mass is 9.79. The Balaban J connectivity index is 2.80. The average Bonchev–Trinajstić information content (AvgIpc) is 2.30. The first-order valence-corrected chi connectivity index (χ1v) is 7.15. The van der Waals surface area contributed by atoms with Crippen LogP contribution in [0.4, 0.5) is 4.39 Å². The van der Waals surface area contributed by atoms with E-state index >= 15 is 0 Å². The van der Waals surface area contributed by atoms with Crippen LogP contribution < -0.4 is 5.32 Å². The summed E-state index contributed by atoms with van der Waals surface area (Å²) in [5.74, 6) is -0.146. The third-order valence-electron chi connectivity index (χ3n) is 3.82. The van der Waals surface area contributed by atoms with Crippen LogP contribution in [0.2, 0.25) is 0 Å². The van der Waals surface area contributed by atoms with Crippen LogP contribution in [0.1, 0.15) is 52.2 Å². The molecule has 0 heterocycles. The first-order valence-electron chi connectivity index (χ1n) is 7.15. The van der Waals surface area contributed by atoms with E-state index in [0.29, 0.717) is 0 Å². The molecule has 0 saturated carbocycles. The van der Waals surface area contributed by atoms with E-state index in [-0.39, 0.29) is 16.8 Å². The maximum absolute atomic E-state index is 13.2. The summed E-state index contributed by atoms with van der Waals surface area (Å²) in [5, 5.41) is 3.59. The maximum Gasteiger partial charge on any atom is 0.123 e. The normalized spacial score (nSPS) is 15.3. The van der Waals surface area contributed by atoms with Gasteiger partial charge in [0, 0.05) is 12.1 Å². The largest absolute Gasteiger partial charge is 0.312 e. The molecular formula is C17H28FN. The van der Waals surface area contributed by atoms with Crippen molar-refractivity contribution in [2.24, 2.45) is 5.41 Å². The van der Waals surface area contributed by atoms with Gasteiger partial charge in [0.2, 0.25) is 0 Å². The van der Waals surface area contributed by atoms with E-state index in [9.17, 15) is 4.39 Å². The zero-order valence-corrected chi connectivity index (χ0v) is 13.2. The Kier molecular flexibility index (Phi) is 5.14. The molecule has 0 amide bonds. The van der Waals surface area contributed by atoms with Gasteiger partial charge in [-0.2, -0.15) is 0 Å². The first-order chi connectivity index (χ1) is 8.65. The molecule has 0 saturated heterocycles. The van der Waals surface area contributed by atoms with E-state index in [1.165, 1.54) is 5.56 Å². The number of aryl methyl sites for hydroxylation is 1. The summed E-state index contributed by atoms with van der Waals surface area (Å²) in [5.41, 5.74) is 2.64. The minimum absolute atomic E-state index is 0.133. The molecule has 1 unspecified atom stereocenters. The Morgan fingerprint density at radius 2 is 1.79 bits per heavy atom. The fourth-order valence-electron chi connectivity index (χ4n) is 2.11. The monoisotopic (exact) mass is 265 g/mol. The molecule has 1 atom stereocenters. The van der Waals surface area contributed by atoms with Crippen LogP contribution in [0, 0.1) is 18.2 Å². The van der Waals surface area contributed by atoms with E-state index in [2.05, 4.69) is 39.9 Å². The predicted molar refractivity (Wildman–Crippen MR) is 81.0 cm³/mol. The van der Waals surface area contributed by atoms with Gasteiger partial charge in [0.1, 0.15) is 5.82 Å². The molecule has 108 valence electrons. The predicted octanol–water partition coefficient (Wildman–Crippen LogP) is 4.48. The second-order valence-corrected chi connectivity index (χ2v) is 7.02. The average molecular weight is 265 g/mol. The SMILES string of the molecule is CCC(C)(CNC(C)(C)C)Cc1ccc(F)cc1C. The molecule has 0 aliphatic heterocycles. The molecule has 2 heteroatoms. The molecule has 1 rings (SSSR count). The zero-order valence-electron chi connectivity index (χ0n) is 13.2. The highest BCUT2D eigenvalue weighted by atomic mass is 19.1. The molecule has 19 heavy (non-hydrogen) atoms. The Morgan fingerprint density at radius 3 is 2.26 bits per heavy atom. The van der Waals surface area contributed by atoms with Crippen molar-refractivity contribution in [1.29, 1.82) is 0 Å². The summed E-state index contributed by atoms with van der Waals surface area (Å²) in [6, 6.07) is 5.12. The van der Waals surface area contributed by atoms with Crippen molar-refractivity contribution in [2.75, 3.05) is 6.54 Å². The van der Waals surface area contributed by atoms with E-state index in [1.807, 2.05) is 13.0 Å². The zero-order chi connectivity index (χ0) is 14.7. The smallest absolute Gasteiger partial charge is 0.123 e. The lowest BCUT2D eigenvalue weighted by Crippen LogP contribution is -2.43. The molecular weight excluding hydrogens is 237 g/mol. The van der Waals surface area contributed by atoms with Gasteiger partial charge in [-0.25, -0.2) is 4.39 Å². The molecule has 0 fully saturated rings. The standard InChI is InChI=1S/C17H28FN/c1-7-17(6,12-19-16(3,4)5)11-14-8-9-15(18)10-13(14)2/h8-10,19H,7,11-12H2,1-6H3. The Bertz CT molecular complexity index is 420. The Hall–Kier alpha value is -0.890. The fourth-order valence-corrected chi connectivity index (χ4v) is 2.11. The molecule has 0 aliphatic rings. The van der Waals surface area contributed by atoms with Crippen LogP contribution in [-0.2, 0) is 6.42 Å². The van der Waals surface area contributed by atoms with Gasteiger partial charge in [0.15, 0.2) is 0 Å². The van der Waals surface area contributed by atoms with Gasteiger partial charge in [-0.15, -0.1) is 0 Å². The van der Waals surface area contributed by atoms with Gasteiger partial charge in [-0.3, -0.25) is 0 Å². The second kappa shape index (κ2) is 6.04. The first kappa shape index (κ1) is 16.2. The highest BCUT2D eigenvalue weighted by Crippen LogP contribution is 2.28. The van der Waals surface area contributed by atoms with Gasteiger partial charge in [0.05, 0.1) is 0 Å². The van der Waals surface area contributed by atoms with Crippen molar-refractivity contribution in [2.45, 2.75) is 59.9 Å². The third-order valence-corrected chi connectivity index (χ3v) is 3.82. The van der Waals surface area contributed by atoms with Gasteiger partial charge in [-0.1, -0.05) is 19.9 Å². The number of rotatable bonds is 5. The Morgan fingerprint density at radius 1 is 1.16 bits per heavy atom. The summed E-state index contributed by atoms with van der Waals surface area (Å²) in [6.45, 7) is 14.1. The molecule has 0 spiro atoms. The van der Waals surface area contributed by atoms with Crippen molar-refractivity contribution in [3.63, 3.8) is 0 Å². The van der Waals surface area contributed by atoms with Crippen LogP contribution in [0.25, 0.3) is 0 Å². The minimum Gasteiger partial charge on any atom is -0.312 e. The van der Waals surface area contributed by atoms with Crippen molar-refractivity contribution in [1.82, 2.24) is 5.32 Å².